The van der Waals surface area contributed by atoms with E-state index in [4.69, 9.17) is 11.6 Å². The van der Waals surface area contributed by atoms with Gasteiger partial charge in [0.1, 0.15) is 0 Å². The van der Waals surface area contributed by atoms with Crippen LogP contribution in [0.1, 0.15) is 12.1 Å². The highest BCUT2D eigenvalue weighted by Gasteiger charge is 2.19. The summed E-state index contributed by atoms with van der Waals surface area (Å²) in [6.45, 7) is 3.01. The molecular formula is C10H15ClN4. The van der Waals surface area contributed by atoms with Crippen molar-refractivity contribution in [2.75, 3.05) is 20.1 Å². The minimum absolute atomic E-state index is 0.448. The monoisotopic (exact) mass is 226 g/mol. The molecule has 1 N–H and O–H groups in total. The minimum Gasteiger partial charge on any atom is -0.315 e. The van der Waals surface area contributed by atoms with Crippen LogP contribution in [0.15, 0.2) is 12.1 Å². The van der Waals surface area contributed by atoms with Gasteiger partial charge in [-0.3, -0.25) is 4.90 Å². The lowest BCUT2D eigenvalue weighted by Crippen LogP contribution is -2.33. The van der Waals surface area contributed by atoms with Crippen molar-refractivity contribution < 1.29 is 0 Å². The standard InChI is InChI=1S/C10H15ClN4/c1-15(9-4-5-12-6-9)7-8-2-3-10(11)14-13-8/h2-3,9,12H,4-7H2,1H3/t9-/m1/s1. The first-order valence-corrected chi connectivity index (χ1v) is 5.52. The first-order valence-electron chi connectivity index (χ1n) is 5.15. The zero-order valence-corrected chi connectivity index (χ0v) is 9.54. The van der Waals surface area contributed by atoms with Gasteiger partial charge in [0.25, 0.3) is 0 Å². The Labute approximate surface area is 94.6 Å². The van der Waals surface area contributed by atoms with Gasteiger partial charge in [-0.2, -0.15) is 5.10 Å². The van der Waals surface area contributed by atoms with E-state index in [1.165, 1.54) is 6.42 Å². The molecule has 0 aliphatic carbocycles. The first-order chi connectivity index (χ1) is 7.25. The third-order valence-corrected chi connectivity index (χ3v) is 2.96. The summed E-state index contributed by atoms with van der Waals surface area (Å²) in [7, 11) is 2.12. The molecule has 82 valence electrons. The minimum atomic E-state index is 0.448. The molecule has 0 bridgehead atoms. The van der Waals surface area contributed by atoms with Gasteiger partial charge in [0.15, 0.2) is 5.15 Å². The fourth-order valence-electron chi connectivity index (χ4n) is 1.83. The zero-order valence-electron chi connectivity index (χ0n) is 8.78. The lowest BCUT2D eigenvalue weighted by molar-refractivity contribution is 0.245. The highest BCUT2D eigenvalue weighted by molar-refractivity contribution is 6.29. The van der Waals surface area contributed by atoms with Gasteiger partial charge in [0.2, 0.25) is 0 Å². The predicted molar refractivity (Wildman–Crippen MR) is 59.8 cm³/mol. The van der Waals surface area contributed by atoms with E-state index in [0.29, 0.717) is 11.2 Å². The molecule has 2 rings (SSSR count). The molecule has 1 aromatic heterocycles. The average Bonchev–Trinajstić information content (AvgIpc) is 2.74. The highest BCUT2D eigenvalue weighted by atomic mass is 35.5. The normalized spacial score (nSPS) is 21.1. The van der Waals surface area contributed by atoms with Crippen LogP contribution in [0, 0.1) is 0 Å². The van der Waals surface area contributed by atoms with Gasteiger partial charge in [0.05, 0.1) is 5.69 Å². The highest BCUT2D eigenvalue weighted by Crippen LogP contribution is 2.10. The number of hydrogen-bond acceptors (Lipinski definition) is 4. The Bertz CT molecular complexity index is 308. The number of likely N-dealkylation sites (N-methyl/N-ethyl adjacent to an activating group) is 1. The van der Waals surface area contributed by atoms with Gasteiger partial charge in [-0.05, 0) is 32.1 Å². The maximum absolute atomic E-state index is 5.68. The van der Waals surface area contributed by atoms with E-state index < -0.39 is 0 Å². The van der Waals surface area contributed by atoms with Crippen molar-refractivity contribution in [3.63, 3.8) is 0 Å². The molecule has 4 nitrogen and oxygen atoms in total. The lowest BCUT2D eigenvalue weighted by Gasteiger charge is -2.22. The van der Waals surface area contributed by atoms with Gasteiger partial charge in [-0.15, -0.1) is 5.10 Å². The summed E-state index contributed by atoms with van der Waals surface area (Å²) in [5.74, 6) is 0. The van der Waals surface area contributed by atoms with Crippen LogP contribution in [0.2, 0.25) is 5.15 Å². The SMILES string of the molecule is CN(Cc1ccc(Cl)nn1)[C@@H]1CCNC1. The summed E-state index contributed by atoms with van der Waals surface area (Å²) < 4.78 is 0. The Balaban J connectivity index is 1.92. The molecule has 0 unspecified atom stereocenters. The van der Waals surface area contributed by atoms with Gasteiger partial charge < -0.3 is 5.32 Å². The Kier molecular flexibility index (Phi) is 3.51. The van der Waals surface area contributed by atoms with Gasteiger partial charge in [-0.1, -0.05) is 11.6 Å². The Morgan fingerprint density at radius 1 is 1.53 bits per heavy atom. The molecule has 1 aromatic rings. The summed E-state index contributed by atoms with van der Waals surface area (Å²) in [4.78, 5) is 2.30. The van der Waals surface area contributed by atoms with E-state index >= 15 is 0 Å². The van der Waals surface area contributed by atoms with Gasteiger partial charge in [0, 0.05) is 19.1 Å². The second-order valence-corrected chi connectivity index (χ2v) is 4.30. The fourth-order valence-corrected chi connectivity index (χ4v) is 1.93. The van der Waals surface area contributed by atoms with Gasteiger partial charge in [-0.25, -0.2) is 0 Å². The molecule has 0 amide bonds. The summed E-state index contributed by atoms with van der Waals surface area (Å²) in [6.07, 6.45) is 1.21. The van der Waals surface area contributed by atoms with E-state index in [9.17, 15) is 0 Å². The Morgan fingerprint density at radius 3 is 3.00 bits per heavy atom. The van der Waals surface area contributed by atoms with Crippen LogP contribution in [0.5, 0.6) is 0 Å². The molecule has 0 saturated carbocycles. The van der Waals surface area contributed by atoms with E-state index in [1.807, 2.05) is 6.07 Å². The summed E-state index contributed by atoms with van der Waals surface area (Å²) in [5.41, 5.74) is 0.966. The third-order valence-electron chi connectivity index (χ3n) is 2.76. The lowest BCUT2D eigenvalue weighted by atomic mass is 10.2. The number of hydrogen-bond donors (Lipinski definition) is 1. The largest absolute Gasteiger partial charge is 0.315 e. The Morgan fingerprint density at radius 2 is 2.40 bits per heavy atom. The molecule has 0 radical (unpaired) electrons. The quantitative estimate of drug-likeness (QED) is 0.833. The van der Waals surface area contributed by atoms with Crippen molar-refractivity contribution in [1.82, 2.24) is 20.4 Å². The van der Waals surface area contributed by atoms with Crippen molar-refractivity contribution in [2.45, 2.75) is 19.0 Å². The smallest absolute Gasteiger partial charge is 0.151 e. The second kappa shape index (κ2) is 4.88. The maximum atomic E-state index is 5.68. The molecule has 15 heavy (non-hydrogen) atoms. The van der Waals surface area contributed by atoms with E-state index in [2.05, 4.69) is 27.5 Å². The fraction of sp³-hybridized carbons (Fsp3) is 0.600. The van der Waals surface area contributed by atoms with E-state index in [1.54, 1.807) is 6.07 Å². The van der Waals surface area contributed by atoms with Crippen LogP contribution < -0.4 is 5.32 Å². The molecule has 1 aliphatic heterocycles. The van der Waals surface area contributed by atoms with Crippen molar-refractivity contribution in [3.8, 4) is 0 Å². The van der Waals surface area contributed by atoms with Crippen molar-refractivity contribution in [2.24, 2.45) is 0 Å². The second-order valence-electron chi connectivity index (χ2n) is 3.91. The van der Waals surface area contributed by atoms with Crippen LogP contribution in [0.3, 0.4) is 0 Å². The van der Waals surface area contributed by atoms with Crippen molar-refractivity contribution in [1.29, 1.82) is 0 Å². The van der Waals surface area contributed by atoms with E-state index in [0.717, 1.165) is 25.3 Å². The molecular weight excluding hydrogens is 212 g/mol. The van der Waals surface area contributed by atoms with E-state index in [-0.39, 0.29) is 0 Å². The number of rotatable bonds is 3. The summed E-state index contributed by atoms with van der Waals surface area (Å²) in [6, 6.07) is 4.32. The molecule has 2 heterocycles. The topological polar surface area (TPSA) is 41.1 Å². The molecule has 0 aromatic carbocycles. The molecule has 1 fully saturated rings. The Hall–Kier alpha value is -0.710. The van der Waals surface area contributed by atoms with Crippen molar-refractivity contribution >= 4 is 11.6 Å². The average molecular weight is 227 g/mol. The number of nitrogens with one attached hydrogen (secondary N) is 1. The number of aromatic nitrogens is 2. The summed E-state index contributed by atoms with van der Waals surface area (Å²) in [5, 5.41) is 11.7. The van der Waals surface area contributed by atoms with Gasteiger partial charge >= 0.3 is 0 Å². The molecule has 1 aliphatic rings. The van der Waals surface area contributed by atoms with Crippen LogP contribution >= 0.6 is 11.6 Å². The number of nitrogens with zero attached hydrogens (tertiary/aromatic N) is 3. The first kappa shape index (κ1) is 10.8. The maximum Gasteiger partial charge on any atom is 0.151 e. The molecule has 0 spiro atoms. The van der Waals surface area contributed by atoms with Crippen LogP contribution in [-0.2, 0) is 6.54 Å². The molecule has 5 heteroatoms. The van der Waals surface area contributed by atoms with Crippen LogP contribution in [-0.4, -0.2) is 41.3 Å². The van der Waals surface area contributed by atoms with Crippen LogP contribution in [0.4, 0.5) is 0 Å². The molecule has 1 saturated heterocycles. The van der Waals surface area contributed by atoms with Crippen molar-refractivity contribution in [3.05, 3.63) is 23.0 Å². The summed E-state index contributed by atoms with van der Waals surface area (Å²) >= 11 is 5.68. The zero-order chi connectivity index (χ0) is 10.7. The number of halogens is 1. The van der Waals surface area contributed by atoms with Crippen LogP contribution in [0.25, 0.3) is 0 Å². The predicted octanol–water partition coefficient (Wildman–Crippen LogP) is 0.924. The third kappa shape index (κ3) is 2.87. The molecule has 1 atom stereocenters.